The summed E-state index contributed by atoms with van der Waals surface area (Å²) in [5.74, 6) is -0.103. The fraction of sp³-hybridized carbons (Fsp3) is 0.100. The molecule has 0 spiro atoms. The Bertz CT molecular complexity index is 1160. The zero-order chi connectivity index (χ0) is 19.5. The molecule has 0 saturated carbocycles. The monoisotopic (exact) mass is 393 g/mol. The highest BCUT2D eigenvalue weighted by Gasteiger charge is 2.11. The van der Waals surface area contributed by atoms with Gasteiger partial charge in [0.05, 0.1) is 11.6 Å². The zero-order valence-corrected chi connectivity index (χ0v) is 15.8. The number of H-pyrrole nitrogens is 1. The number of amides is 1. The van der Waals surface area contributed by atoms with Crippen LogP contribution in [0.2, 0.25) is 0 Å². The van der Waals surface area contributed by atoms with Crippen molar-refractivity contribution in [1.82, 2.24) is 20.2 Å². The largest absolute Gasteiger partial charge is 0.322 e. The number of thioether (sulfide) groups is 1. The van der Waals surface area contributed by atoms with E-state index < -0.39 is 5.82 Å². The molecule has 0 atom stereocenters. The molecule has 0 bridgehead atoms. The number of aromatic nitrogens is 4. The van der Waals surface area contributed by atoms with Gasteiger partial charge in [-0.2, -0.15) is 5.10 Å². The van der Waals surface area contributed by atoms with Crippen molar-refractivity contribution in [2.45, 2.75) is 17.7 Å². The van der Waals surface area contributed by atoms with Crippen LogP contribution in [0.4, 0.5) is 10.1 Å². The summed E-state index contributed by atoms with van der Waals surface area (Å²) < 4.78 is 13.5. The van der Waals surface area contributed by atoms with E-state index in [2.05, 4.69) is 25.5 Å². The van der Waals surface area contributed by atoms with Crippen molar-refractivity contribution in [2.75, 3.05) is 5.32 Å². The van der Waals surface area contributed by atoms with Crippen LogP contribution in [0.5, 0.6) is 0 Å². The minimum Gasteiger partial charge on any atom is -0.322 e. The van der Waals surface area contributed by atoms with Crippen LogP contribution < -0.4 is 5.32 Å². The molecular weight excluding hydrogens is 377 g/mol. The van der Waals surface area contributed by atoms with Crippen LogP contribution in [0.1, 0.15) is 21.5 Å². The van der Waals surface area contributed by atoms with E-state index in [0.29, 0.717) is 22.7 Å². The Kier molecular flexibility index (Phi) is 5.03. The first-order chi connectivity index (χ1) is 13.6. The van der Waals surface area contributed by atoms with Gasteiger partial charge >= 0.3 is 0 Å². The topological polar surface area (TPSA) is 83.6 Å². The second-order valence-electron chi connectivity index (χ2n) is 6.21. The molecule has 140 valence electrons. The fourth-order valence-electron chi connectivity index (χ4n) is 2.79. The Hall–Kier alpha value is -3.26. The summed E-state index contributed by atoms with van der Waals surface area (Å²) in [5.41, 5.74) is 3.42. The van der Waals surface area contributed by atoms with Crippen molar-refractivity contribution in [2.24, 2.45) is 0 Å². The molecule has 0 saturated heterocycles. The molecule has 2 aromatic heterocycles. The average molecular weight is 393 g/mol. The van der Waals surface area contributed by atoms with E-state index in [0.717, 1.165) is 21.5 Å². The second kappa shape index (κ2) is 7.77. The maximum Gasteiger partial charge on any atom is 0.256 e. The Morgan fingerprint density at radius 3 is 3.00 bits per heavy atom. The van der Waals surface area contributed by atoms with Gasteiger partial charge in [0.15, 0.2) is 5.65 Å². The normalized spacial score (nSPS) is 10.9. The summed E-state index contributed by atoms with van der Waals surface area (Å²) in [5, 5.41) is 11.4. The molecule has 0 aliphatic carbocycles. The zero-order valence-electron chi connectivity index (χ0n) is 14.9. The number of halogens is 1. The molecule has 2 aromatic carbocycles. The van der Waals surface area contributed by atoms with Gasteiger partial charge in [-0.15, -0.1) is 11.8 Å². The predicted molar refractivity (Wildman–Crippen MR) is 107 cm³/mol. The highest BCUT2D eigenvalue weighted by Crippen LogP contribution is 2.27. The number of nitrogens with one attached hydrogen (secondary N) is 2. The number of anilines is 1. The van der Waals surface area contributed by atoms with Gasteiger partial charge in [-0.05, 0) is 42.3 Å². The third-order valence-electron chi connectivity index (χ3n) is 4.22. The first kappa shape index (κ1) is 18.1. The Morgan fingerprint density at radius 2 is 2.11 bits per heavy atom. The van der Waals surface area contributed by atoms with E-state index in [1.54, 1.807) is 37.0 Å². The highest BCUT2D eigenvalue weighted by molar-refractivity contribution is 7.98. The second-order valence-corrected chi connectivity index (χ2v) is 7.18. The van der Waals surface area contributed by atoms with Crippen LogP contribution in [-0.4, -0.2) is 26.1 Å². The van der Waals surface area contributed by atoms with E-state index in [1.807, 2.05) is 18.2 Å². The van der Waals surface area contributed by atoms with E-state index in [1.165, 1.54) is 18.5 Å². The van der Waals surface area contributed by atoms with Gasteiger partial charge in [-0.25, -0.2) is 14.4 Å². The van der Waals surface area contributed by atoms with E-state index in [9.17, 15) is 9.18 Å². The minimum absolute atomic E-state index is 0.322. The molecule has 2 heterocycles. The van der Waals surface area contributed by atoms with Crippen molar-refractivity contribution in [3.05, 3.63) is 77.5 Å². The summed E-state index contributed by atoms with van der Waals surface area (Å²) in [6.45, 7) is 1.78. The summed E-state index contributed by atoms with van der Waals surface area (Å²) in [6, 6.07) is 11.7. The van der Waals surface area contributed by atoms with Gasteiger partial charge in [0.1, 0.15) is 17.2 Å². The molecule has 0 fully saturated rings. The average Bonchev–Trinajstić information content (AvgIpc) is 3.18. The van der Waals surface area contributed by atoms with E-state index >= 15 is 0 Å². The summed E-state index contributed by atoms with van der Waals surface area (Å²) >= 11 is 1.56. The molecular formula is C20H16FN5OS. The lowest BCUT2D eigenvalue weighted by Gasteiger charge is -2.09. The Labute approximate surface area is 164 Å². The quantitative estimate of drug-likeness (QED) is 0.389. The van der Waals surface area contributed by atoms with Crippen molar-refractivity contribution in [1.29, 1.82) is 0 Å². The van der Waals surface area contributed by atoms with Crippen molar-refractivity contribution in [3.8, 4) is 0 Å². The van der Waals surface area contributed by atoms with Crippen molar-refractivity contribution in [3.63, 3.8) is 0 Å². The molecule has 4 aromatic rings. The van der Waals surface area contributed by atoms with Crippen LogP contribution in [-0.2, 0) is 5.75 Å². The van der Waals surface area contributed by atoms with Crippen LogP contribution in [0.25, 0.3) is 11.0 Å². The summed E-state index contributed by atoms with van der Waals surface area (Å²) in [6.07, 6.45) is 3.20. The molecule has 4 rings (SSSR count). The Morgan fingerprint density at radius 1 is 1.21 bits per heavy atom. The maximum absolute atomic E-state index is 13.5. The van der Waals surface area contributed by atoms with Gasteiger partial charge in [0, 0.05) is 17.0 Å². The number of rotatable bonds is 5. The van der Waals surface area contributed by atoms with Crippen LogP contribution >= 0.6 is 11.8 Å². The fourth-order valence-corrected chi connectivity index (χ4v) is 3.70. The van der Waals surface area contributed by atoms with Crippen LogP contribution in [0.3, 0.4) is 0 Å². The number of hydrogen-bond donors (Lipinski definition) is 2. The number of carbonyl (C=O) groups excluding carboxylic acids is 1. The maximum atomic E-state index is 13.5. The van der Waals surface area contributed by atoms with Crippen molar-refractivity contribution >= 4 is 34.4 Å². The van der Waals surface area contributed by atoms with Gasteiger partial charge in [-0.3, -0.25) is 9.89 Å². The molecule has 28 heavy (non-hydrogen) atoms. The SMILES string of the molecule is Cc1ccc(F)cc1C(=O)Nc1cccc(CSc2ncnc3[nH]ncc23)c1. The molecule has 0 aliphatic rings. The molecule has 2 N–H and O–H groups in total. The molecule has 6 nitrogen and oxygen atoms in total. The molecule has 1 amide bonds. The third-order valence-corrected chi connectivity index (χ3v) is 5.29. The van der Waals surface area contributed by atoms with E-state index in [4.69, 9.17) is 0 Å². The third kappa shape index (κ3) is 3.86. The van der Waals surface area contributed by atoms with Crippen LogP contribution in [0, 0.1) is 12.7 Å². The number of fused-ring (bicyclic) bond motifs is 1. The molecule has 8 heteroatoms. The number of aryl methyl sites for hydroxylation is 1. The van der Waals surface area contributed by atoms with Crippen LogP contribution in [0.15, 0.2) is 60.0 Å². The first-order valence-corrected chi connectivity index (χ1v) is 9.52. The number of aromatic amines is 1. The standard InChI is InChI=1S/C20H16FN5OS/c1-12-5-6-14(21)8-16(12)19(27)25-15-4-2-3-13(7-15)10-28-20-17-9-24-26-18(17)22-11-23-20/h2-9,11H,10H2,1H3,(H,25,27)(H,22,23,24,26). The number of benzene rings is 2. The van der Waals surface area contributed by atoms with Gasteiger partial charge < -0.3 is 5.32 Å². The number of nitrogens with zero attached hydrogens (tertiary/aromatic N) is 3. The van der Waals surface area contributed by atoms with Crippen molar-refractivity contribution < 1.29 is 9.18 Å². The van der Waals surface area contributed by atoms with Gasteiger partial charge in [0.2, 0.25) is 0 Å². The molecule has 0 unspecified atom stereocenters. The summed E-state index contributed by atoms with van der Waals surface area (Å²) in [4.78, 5) is 20.9. The van der Waals surface area contributed by atoms with Gasteiger partial charge in [0.25, 0.3) is 5.91 Å². The highest BCUT2D eigenvalue weighted by atomic mass is 32.2. The van der Waals surface area contributed by atoms with E-state index in [-0.39, 0.29) is 5.91 Å². The lowest BCUT2D eigenvalue weighted by atomic mass is 10.1. The lowest BCUT2D eigenvalue weighted by Crippen LogP contribution is -2.13. The number of hydrogen-bond acceptors (Lipinski definition) is 5. The number of carbonyl (C=O) groups is 1. The smallest absolute Gasteiger partial charge is 0.256 e. The minimum atomic E-state index is -0.434. The van der Waals surface area contributed by atoms with Gasteiger partial charge in [-0.1, -0.05) is 18.2 Å². The molecule has 0 radical (unpaired) electrons. The predicted octanol–water partition coefficient (Wildman–Crippen LogP) is 4.35. The Balaban J connectivity index is 1.48. The lowest BCUT2D eigenvalue weighted by molar-refractivity contribution is 0.102. The molecule has 0 aliphatic heterocycles. The first-order valence-electron chi connectivity index (χ1n) is 8.53. The summed E-state index contributed by atoms with van der Waals surface area (Å²) in [7, 11) is 0.